The van der Waals surface area contributed by atoms with Gasteiger partial charge in [0.05, 0.1) is 6.61 Å². The number of carboxylic acid groups (broad SMARTS) is 1. The maximum absolute atomic E-state index is 11.5. The number of unbranched alkanes of at least 4 members (excludes halogenated alkanes) is 1. The van der Waals surface area contributed by atoms with Gasteiger partial charge in [0.25, 0.3) is 0 Å². The molecule has 0 spiro atoms. The SMILES string of the molecule is C[Si](C)(C)CCOC(=O)N[C@@H](CCCCN)C(=O)O. The number of nitrogens with two attached hydrogens (primary N) is 1. The molecule has 0 aliphatic heterocycles. The lowest BCUT2D eigenvalue weighted by Crippen LogP contribution is -2.41. The first-order valence-electron chi connectivity index (χ1n) is 6.62. The number of hydrogen-bond donors (Lipinski definition) is 3. The summed E-state index contributed by atoms with van der Waals surface area (Å²) in [7, 11) is -1.25. The van der Waals surface area contributed by atoms with Crippen LogP contribution < -0.4 is 11.1 Å². The fourth-order valence-electron chi connectivity index (χ4n) is 1.38. The summed E-state index contributed by atoms with van der Waals surface area (Å²) in [6.07, 6.45) is 1.13. The second-order valence-corrected chi connectivity index (χ2v) is 11.4. The number of hydrogen-bond acceptors (Lipinski definition) is 4. The van der Waals surface area contributed by atoms with E-state index in [1.165, 1.54) is 0 Å². The van der Waals surface area contributed by atoms with Crippen molar-refractivity contribution in [3.8, 4) is 0 Å². The van der Waals surface area contributed by atoms with Crippen LogP contribution in [0, 0.1) is 0 Å². The molecule has 0 rings (SSSR count). The molecule has 1 atom stereocenters. The van der Waals surface area contributed by atoms with E-state index in [4.69, 9.17) is 15.6 Å². The summed E-state index contributed by atoms with van der Waals surface area (Å²) in [5.74, 6) is -1.04. The lowest BCUT2D eigenvalue weighted by atomic mass is 10.1. The van der Waals surface area contributed by atoms with Gasteiger partial charge in [-0.15, -0.1) is 0 Å². The van der Waals surface area contributed by atoms with E-state index >= 15 is 0 Å². The van der Waals surface area contributed by atoms with Crippen molar-refractivity contribution in [3.05, 3.63) is 0 Å². The molecule has 0 unspecified atom stereocenters. The molecule has 0 bridgehead atoms. The van der Waals surface area contributed by atoms with Gasteiger partial charge in [0.1, 0.15) is 6.04 Å². The summed E-state index contributed by atoms with van der Waals surface area (Å²) in [6, 6.07) is -0.0309. The minimum atomic E-state index is -1.25. The third-order valence-electron chi connectivity index (χ3n) is 2.62. The molecule has 4 N–H and O–H groups in total. The van der Waals surface area contributed by atoms with Gasteiger partial charge >= 0.3 is 12.1 Å². The zero-order chi connectivity index (χ0) is 14.9. The largest absolute Gasteiger partial charge is 0.480 e. The first kappa shape index (κ1) is 17.9. The van der Waals surface area contributed by atoms with Crippen molar-refractivity contribution >= 4 is 20.1 Å². The molecule has 0 saturated carbocycles. The first-order chi connectivity index (χ1) is 8.76. The second-order valence-electron chi connectivity index (χ2n) is 5.77. The van der Waals surface area contributed by atoms with Crippen LogP contribution in [-0.4, -0.2) is 44.4 Å². The fourth-order valence-corrected chi connectivity index (χ4v) is 2.10. The molecule has 6 nitrogen and oxygen atoms in total. The Morgan fingerprint density at radius 2 is 1.95 bits per heavy atom. The molecular formula is C12H26N2O4Si. The summed E-state index contributed by atoms with van der Waals surface area (Å²) in [5, 5.41) is 11.4. The van der Waals surface area contributed by atoms with Crippen molar-refractivity contribution < 1.29 is 19.4 Å². The van der Waals surface area contributed by atoms with Crippen molar-refractivity contribution in [2.24, 2.45) is 5.73 Å². The van der Waals surface area contributed by atoms with E-state index in [2.05, 4.69) is 25.0 Å². The summed E-state index contributed by atoms with van der Waals surface area (Å²) >= 11 is 0. The molecule has 0 aromatic heterocycles. The average Bonchev–Trinajstić information content (AvgIpc) is 2.26. The van der Waals surface area contributed by atoms with Gasteiger partial charge < -0.3 is 20.9 Å². The standard InChI is InChI=1S/C12H26N2O4Si/c1-19(2,3)9-8-18-12(17)14-10(11(15)16)6-4-5-7-13/h10H,4-9,13H2,1-3H3,(H,14,17)(H,15,16)/t10-/m0/s1. The van der Waals surface area contributed by atoms with Gasteiger partial charge in [-0.1, -0.05) is 19.6 Å². The van der Waals surface area contributed by atoms with Crippen molar-refractivity contribution in [2.75, 3.05) is 13.2 Å². The second kappa shape index (κ2) is 8.92. The molecule has 1 amide bonds. The molecule has 7 heteroatoms. The lowest BCUT2D eigenvalue weighted by Gasteiger charge is -2.17. The van der Waals surface area contributed by atoms with Crippen LogP contribution >= 0.6 is 0 Å². The molecule has 19 heavy (non-hydrogen) atoms. The highest BCUT2D eigenvalue weighted by atomic mass is 28.3. The maximum atomic E-state index is 11.5. The predicted octanol–water partition coefficient (Wildman–Crippen LogP) is 1.63. The zero-order valence-corrected chi connectivity index (χ0v) is 13.1. The number of carbonyl (C=O) groups is 2. The normalized spacial score (nSPS) is 12.8. The highest BCUT2D eigenvalue weighted by molar-refractivity contribution is 6.76. The number of nitrogens with one attached hydrogen (secondary N) is 1. The van der Waals surface area contributed by atoms with E-state index in [1.807, 2.05) is 0 Å². The average molecular weight is 290 g/mol. The zero-order valence-electron chi connectivity index (χ0n) is 12.1. The van der Waals surface area contributed by atoms with Gasteiger partial charge in [0.2, 0.25) is 0 Å². The molecule has 0 aliphatic carbocycles. The van der Waals surface area contributed by atoms with Gasteiger partial charge in [0.15, 0.2) is 0 Å². The summed E-state index contributed by atoms with van der Waals surface area (Å²) in [6.45, 7) is 7.41. The van der Waals surface area contributed by atoms with Crippen molar-refractivity contribution in [1.82, 2.24) is 5.32 Å². The van der Waals surface area contributed by atoms with Crippen LogP contribution in [0.4, 0.5) is 4.79 Å². The van der Waals surface area contributed by atoms with E-state index in [9.17, 15) is 9.59 Å². The van der Waals surface area contributed by atoms with E-state index in [0.29, 0.717) is 26.0 Å². The molecule has 0 aromatic rings. The number of amides is 1. The van der Waals surface area contributed by atoms with Crippen LogP contribution in [-0.2, 0) is 9.53 Å². The summed E-state index contributed by atoms with van der Waals surface area (Å²) in [5.41, 5.74) is 5.34. The van der Waals surface area contributed by atoms with E-state index in [0.717, 1.165) is 12.5 Å². The van der Waals surface area contributed by atoms with Gasteiger partial charge in [-0.05, 0) is 31.9 Å². The minimum absolute atomic E-state index is 0.344. The van der Waals surface area contributed by atoms with E-state index in [-0.39, 0.29) is 0 Å². The van der Waals surface area contributed by atoms with Crippen molar-refractivity contribution in [2.45, 2.75) is 51.0 Å². The Hall–Kier alpha value is -1.08. The van der Waals surface area contributed by atoms with Crippen molar-refractivity contribution in [1.29, 1.82) is 0 Å². The topological polar surface area (TPSA) is 102 Å². The van der Waals surface area contributed by atoms with Crippen LogP contribution in [0.5, 0.6) is 0 Å². The van der Waals surface area contributed by atoms with Crippen LogP contribution in [0.3, 0.4) is 0 Å². The van der Waals surface area contributed by atoms with Crippen LogP contribution in [0.15, 0.2) is 0 Å². The molecule has 0 aromatic carbocycles. The van der Waals surface area contributed by atoms with Crippen LogP contribution in [0.2, 0.25) is 25.7 Å². The van der Waals surface area contributed by atoms with Crippen LogP contribution in [0.1, 0.15) is 19.3 Å². The molecule has 0 radical (unpaired) electrons. The molecule has 0 heterocycles. The summed E-state index contributed by atoms with van der Waals surface area (Å²) < 4.78 is 5.00. The number of ether oxygens (including phenoxy) is 1. The van der Waals surface area contributed by atoms with Gasteiger partial charge in [-0.3, -0.25) is 0 Å². The van der Waals surface area contributed by atoms with Gasteiger partial charge in [-0.25, -0.2) is 9.59 Å². The van der Waals surface area contributed by atoms with Crippen LogP contribution in [0.25, 0.3) is 0 Å². The Balaban J connectivity index is 4.00. The van der Waals surface area contributed by atoms with Gasteiger partial charge in [0, 0.05) is 8.07 Å². The minimum Gasteiger partial charge on any atom is -0.480 e. The predicted molar refractivity (Wildman–Crippen MR) is 77.0 cm³/mol. The number of aliphatic carboxylic acids is 1. The van der Waals surface area contributed by atoms with Gasteiger partial charge in [-0.2, -0.15) is 0 Å². The highest BCUT2D eigenvalue weighted by Gasteiger charge is 2.20. The number of carbonyl (C=O) groups excluding carboxylic acids is 1. The maximum Gasteiger partial charge on any atom is 0.407 e. The fraction of sp³-hybridized carbons (Fsp3) is 0.833. The molecule has 0 saturated heterocycles. The van der Waals surface area contributed by atoms with Crippen molar-refractivity contribution in [3.63, 3.8) is 0 Å². The molecule has 0 aliphatic rings. The Kier molecular flexibility index (Phi) is 8.41. The number of rotatable bonds is 9. The molecule has 112 valence electrons. The first-order valence-corrected chi connectivity index (χ1v) is 10.3. The number of carboxylic acids is 1. The Morgan fingerprint density at radius 3 is 2.42 bits per heavy atom. The summed E-state index contributed by atoms with van der Waals surface area (Å²) in [4.78, 5) is 22.4. The Morgan fingerprint density at radius 1 is 1.32 bits per heavy atom. The quantitative estimate of drug-likeness (QED) is 0.442. The Bertz CT molecular complexity index is 292. The third-order valence-corrected chi connectivity index (χ3v) is 4.33. The monoisotopic (exact) mass is 290 g/mol. The molecular weight excluding hydrogens is 264 g/mol. The smallest absolute Gasteiger partial charge is 0.407 e. The molecule has 0 fully saturated rings. The Labute approximate surface area is 115 Å². The third kappa shape index (κ3) is 10.5. The van der Waals surface area contributed by atoms with E-state index in [1.54, 1.807) is 0 Å². The number of alkyl carbamates (subject to hydrolysis) is 1. The van der Waals surface area contributed by atoms with E-state index < -0.39 is 26.2 Å². The lowest BCUT2D eigenvalue weighted by molar-refractivity contribution is -0.139. The highest BCUT2D eigenvalue weighted by Crippen LogP contribution is 2.08.